The van der Waals surface area contributed by atoms with Gasteiger partial charge in [0, 0.05) is 23.5 Å². The van der Waals surface area contributed by atoms with E-state index in [0.717, 1.165) is 19.3 Å². The summed E-state index contributed by atoms with van der Waals surface area (Å²) in [6.45, 7) is 0.599. The highest BCUT2D eigenvalue weighted by molar-refractivity contribution is 7.89. The fraction of sp³-hybridized carbons (Fsp3) is 0.538. The molecule has 3 rings (SSSR count). The molecule has 1 saturated heterocycles. The Bertz CT molecular complexity index is 647. The predicted molar refractivity (Wildman–Crippen MR) is 81.0 cm³/mol. The van der Waals surface area contributed by atoms with Gasteiger partial charge < -0.3 is 0 Å². The molecule has 2 fully saturated rings. The number of rotatable bonds is 3. The molecule has 1 aliphatic carbocycles. The third-order valence-corrected chi connectivity index (χ3v) is 7.21. The van der Waals surface area contributed by atoms with Crippen LogP contribution in [0.2, 0.25) is 10.0 Å². The Labute approximate surface area is 133 Å². The molecule has 0 N–H and O–H groups in total. The van der Waals surface area contributed by atoms with Crippen molar-refractivity contribution >= 4 is 44.8 Å². The molecular formula is C13H14Cl3NO2S. The lowest BCUT2D eigenvalue weighted by Gasteiger charge is -2.26. The zero-order valence-corrected chi connectivity index (χ0v) is 13.7. The Morgan fingerprint density at radius 3 is 2.50 bits per heavy atom. The van der Waals surface area contributed by atoms with Crippen LogP contribution in [-0.4, -0.2) is 25.3 Å². The van der Waals surface area contributed by atoms with E-state index in [9.17, 15) is 8.42 Å². The van der Waals surface area contributed by atoms with Crippen LogP contribution < -0.4 is 0 Å². The summed E-state index contributed by atoms with van der Waals surface area (Å²) in [4.78, 5) is 0.117. The molecule has 0 amide bonds. The highest BCUT2D eigenvalue weighted by atomic mass is 35.5. The number of piperidine rings is 1. The number of alkyl halides is 1. The number of nitrogens with zero attached hydrogens (tertiary/aromatic N) is 1. The second-order valence-electron chi connectivity index (χ2n) is 5.42. The van der Waals surface area contributed by atoms with E-state index in [1.165, 1.54) is 12.1 Å². The summed E-state index contributed by atoms with van der Waals surface area (Å²) in [5, 5.41) is 0.554. The van der Waals surface area contributed by atoms with Crippen molar-refractivity contribution in [3.05, 3.63) is 27.7 Å². The topological polar surface area (TPSA) is 37.4 Å². The van der Waals surface area contributed by atoms with Crippen molar-refractivity contribution in [2.45, 2.75) is 36.1 Å². The van der Waals surface area contributed by atoms with Gasteiger partial charge in [0.25, 0.3) is 0 Å². The summed E-state index contributed by atoms with van der Waals surface area (Å²) < 4.78 is 27.2. The molecule has 1 saturated carbocycles. The number of hydrogen-bond acceptors (Lipinski definition) is 2. The van der Waals surface area contributed by atoms with Gasteiger partial charge >= 0.3 is 0 Å². The minimum atomic E-state index is -3.57. The lowest BCUT2D eigenvalue weighted by Crippen LogP contribution is -2.37. The molecule has 2 unspecified atom stereocenters. The largest absolute Gasteiger partial charge is 0.244 e. The van der Waals surface area contributed by atoms with E-state index < -0.39 is 10.0 Å². The summed E-state index contributed by atoms with van der Waals surface area (Å²) in [5.74, 6) is 0.651. The van der Waals surface area contributed by atoms with Crippen LogP contribution in [0.25, 0.3) is 0 Å². The molecule has 0 aromatic heterocycles. The zero-order chi connectivity index (χ0) is 14.5. The molecule has 1 aromatic carbocycles. The molecule has 2 bridgehead atoms. The molecule has 1 heterocycles. The van der Waals surface area contributed by atoms with Gasteiger partial charge in [0.2, 0.25) is 10.0 Å². The van der Waals surface area contributed by atoms with Crippen LogP contribution in [0, 0.1) is 5.92 Å². The summed E-state index contributed by atoms with van der Waals surface area (Å²) in [5.41, 5.74) is 0.584. The van der Waals surface area contributed by atoms with Gasteiger partial charge in [-0.3, -0.25) is 0 Å². The monoisotopic (exact) mass is 353 g/mol. The van der Waals surface area contributed by atoms with Crippen LogP contribution in [0.4, 0.5) is 0 Å². The number of hydrogen-bond donors (Lipinski definition) is 0. The van der Waals surface area contributed by atoms with E-state index in [4.69, 9.17) is 34.8 Å². The van der Waals surface area contributed by atoms with Crippen molar-refractivity contribution in [1.29, 1.82) is 0 Å². The first-order valence-corrected chi connectivity index (χ1v) is 9.22. The average Bonchev–Trinajstić information content (AvgIpc) is 3.01. The zero-order valence-electron chi connectivity index (χ0n) is 10.7. The van der Waals surface area contributed by atoms with Gasteiger partial charge in [0.1, 0.15) is 4.90 Å². The van der Waals surface area contributed by atoms with E-state index in [-0.39, 0.29) is 21.8 Å². The summed E-state index contributed by atoms with van der Waals surface area (Å²) >= 11 is 17.9. The lowest BCUT2D eigenvalue weighted by molar-refractivity contribution is 0.333. The summed E-state index contributed by atoms with van der Waals surface area (Å²) in [6.07, 6.45) is 3.03. The molecule has 3 nitrogen and oxygen atoms in total. The lowest BCUT2D eigenvalue weighted by atomic mass is 10.1. The maximum absolute atomic E-state index is 12.8. The van der Waals surface area contributed by atoms with E-state index in [1.54, 1.807) is 4.31 Å². The van der Waals surface area contributed by atoms with E-state index in [2.05, 4.69) is 0 Å². The Morgan fingerprint density at radius 2 is 1.95 bits per heavy atom. The third kappa shape index (κ3) is 2.35. The van der Waals surface area contributed by atoms with Crippen molar-refractivity contribution < 1.29 is 8.42 Å². The smallest absolute Gasteiger partial charge is 0.207 e. The first kappa shape index (κ1) is 14.9. The molecule has 2 atom stereocenters. The Kier molecular flexibility index (Phi) is 3.97. The Balaban J connectivity index is 2.03. The maximum atomic E-state index is 12.8. The number of fused-ring (bicyclic) bond motifs is 2. The van der Waals surface area contributed by atoms with E-state index in [1.807, 2.05) is 0 Å². The molecule has 0 spiro atoms. The van der Waals surface area contributed by atoms with Gasteiger partial charge in [0.15, 0.2) is 0 Å². The first-order chi connectivity index (χ1) is 9.43. The van der Waals surface area contributed by atoms with Crippen molar-refractivity contribution in [2.24, 2.45) is 5.92 Å². The van der Waals surface area contributed by atoms with Crippen molar-refractivity contribution in [3.8, 4) is 0 Å². The van der Waals surface area contributed by atoms with E-state index >= 15 is 0 Å². The Hall–Kier alpha value is -0.000000000000000132. The molecule has 7 heteroatoms. The third-order valence-electron chi connectivity index (χ3n) is 4.19. The quantitative estimate of drug-likeness (QED) is 0.772. The van der Waals surface area contributed by atoms with Gasteiger partial charge in [-0.1, -0.05) is 23.2 Å². The highest BCUT2D eigenvalue weighted by Gasteiger charge is 2.44. The van der Waals surface area contributed by atoms with Crippen LogP contribution in [0.5, 0.6) is 0 Å². The summed E-state index contributed by atoms with van der Waals surface area (Å²) in [6, 6.07) is 3.08. The number of benzene rings is 1. The van der Waals surface area contributed by atoms with Gasteiger partial charge in [-0.25, -0.2) is 8.42 Å². The van der Waals surface area contributed by atoms with Crippen molar-refractivity contribution in [3.63, 3.8) is 0 Å². The van der Waals surface area contributed by atoms with E-state index in [0.29, 0.717) is 23.0 Å². The summed E-state index contributed by atoms with van der Waals surface area (Å²) in [7, 11) is -3.57. The van der Waals surface area contributed by atoms with Crippen molar-refractivity contribution in [1.82, 2.24) is 4.31 Å². The van der Waals surface area contributed by atoms with Crippen molar-refractivity contribution in [2.75, 3.05) is 6.54 Å². The standard InChI is InChI=1S/C13H14Cl3NO2S/c14-6-9-4-13(12(16)5-11(9)15)20(18,19)17-7-8-1-2-10(17)3-8/h4-5,8,10H,1-3,6-7H2. The molecule has 1 aliphatic heterocycles. The molecule has 0 radical (unpaired) electrons. The molecule has 2 aliphatic rings. The fourth-order valence-electron chi connectivity index (χ4n) is 3.17. The van der Waals surface area contributed by atoms with Crippen LogP contribution in [0.1, 0.15) is 24.8 Å². The SMILES string of the molecule is O=S(=O)(c1cc(CCl)c(Cl)cc1Cl)N1CC2CCC1C2. The van der Waals surface area contributed by atoms with Gasteiger partial charge in [-0.2, -0.15) is 4.31 Å². The Morgan fingerprint density at radius 1 is 1.20 bits per heavy atom. The minimum absolute atomic E-state index is 0.117. The van der Waals surface area contributed by atoms with Crippen LogP contribution in [0.3, 0.4) is 0 Å². The van der Waals surface area contributed by atoms with Crippen LogP contribution in [-0.2, 0) is 15.9 Å². The normalized spacial score (nSPS) is 26.4. The second kappa shape index (κ2) is 5.33. The number of sulfonamides is 1. The molecule has 110 valence electrons. The van der Waals surface area contributed by atoms with Crippen LogP contribution >= 0.6 is 34.8 Å². The molecular weight excluding hydrogens is 341 g/mol. The van der Waals surface area contributed by atoms with Gasteiger partial charge in [-0.15, -0.1) is 11.6 Å². The minimum Gasteiger partial charge on any atom is -0.207 e. The predicted octanol–water partition coefficient (Wildman–Crippen LogP) is 3.91. The molecule has 1 aromatic rings. The fourth-order valence-corrected chi connectivity index (χ4v) is 6.04. The average molecular weight is 355 g/mol. The van der Waals surface area contributed by atoms with Crippen LogP contribution in [0.15, 0.2) is 17.0 Å². The second-order valence-corrected chi connectivity index (χ2v) is 8.36. The number of halogens is 3. The van der Waals surface area contributed by atoms with Gasteiger partial charge in [-0.05, 0) is 42.9 Å². The van der Waals surface area contributed by atoms with Gasteiger partial charge in [0.05, 0.1) is 5.02 Å². The highest BCUT2D eigenvalue weighted by Crippen LogP contribution is 2.42. The molecule has 20 heavy (non-hydrogen) atoms. The first-order valence-electron chi connectivity index (χ1n) is 6.49. The maximum Gasteiger partial charge on any atom is 0.244 e.